The van der Waals surface area contributed by atoms with Crippen LogP contribution in [0.15, 0.2) is 85.5 Å². The Kier molecular flexibility index (Phi) is 4.96. The van der Waals surface area contributed by atoms with Crippen molar-refractivity contribution >= 4 is 5.57 Å². The van der Waals surface area contributed by atoms with Gasteiger partial charge >= 0.3 is 0 Å². The van der Waals surface area contributed by atoms with Crippen molar-refractivity contribution in [1.82, 2.24) is 0 Å². The van der Waals surface area contributed by atoms with Crippen LogP contribution in [0.5, 0.6) is 0 Å². The lowest BCUT2D eigenvalue weighted by Crippen LogP contribution is -1.85. The normalized spacial score (nSPS) is 12.1. The highest BCUT2D eigenvalue weighted by Gasteiger charge is 1.99. The van der Waals surface area contributed by atoms with Gasteiger partial charge in [0, 0.05) is 0 Å². The van der Waals surface area contributed by atoms with Gasteiger partial charge in [-0.05, 0) is 35.3 Å². The lowest BCUT2D eigenvalue weighted by atomic mass is 10.00. The summed E-state index contributed by atoms with van der Waals surface area (Å²) in [6.45, 7) is 13.7. The van der Waals surface area contributed by atoms with Crippen LogP contribution in [-0.2, 0) is 0 Å². The van der Waals surface area contributed by atoms with Crippen LogP contribution < -0.4 is 0 Å². The molecular formula is C17H18. The highest BCUT2D eigenvalue weighted by molar-refractivity contribution is 5.74. The van der Waals surface area contributed by atoms with E-state index in [1.807, 2.05) is 61.6 Å². The van der Waals surface area contributed by atoms with Crippen LogP contribution in [0.1, 0.15) is 12.5 Å². The minimum absolute atomic E-state index is 0.974. The highest BCUT2D eigenvalue weighted by atomic mass is 14.0. The fraction of sp³-hybridized carbons (Fsp3) is 0.0588. The molecule has 0 aliphatic rings. The van der Waals surface area contributed by atoms with Gasteiger partial charge in [-0.25, -0.2) is 0 Å². The Morgan fingerprint density at radius 2 is 1.59 bits per heavy atom. The fourth-order valence-electron chi connectivity index (χ4n) is 1.59. The van der Waals surface area contributed by atoms with Crippen LogP contribution in [0.3, 0.4) is 0 Å². The number of rotatable bonds is 5. The molecule has 0 amide bonds. The van der Waals surface area contributed by atoms with Crippen molar-refractivity contribution in [3.63, 3.8) is 0 Å². The summed E-state index contributed by atoms with van der Waals surface area (Å²) >= 11 is 0. The molecule has 0 aliphatic heterocycles. The Labute approximate surface area is 104 Å². The van der Waals surface area contributed by atoms with Gasteiger partial charge in [0.1, 0.15) is 0 Å². The number of hydrogen-bond acceptors (Lipinski definition) is 0. The third-order valence-corrected chi connectivity index (χ3v) is 2.56. The summed E-state index contributed by atoms with van der Waals surface area (Å²) in [4.78, 5) is 0. The predicted molar refractivity (Wildman–Crippen MR) is 77.7 cm³/mol. The maximum atomic E-state index is 4.08. The molecule has 1 aromatic carbocycles. The molecule has 0 nitrogen and oxygen atoms in total. The smallest absolute Gasteiger partial charge is 0.0187 e. The first-order valence-corrected chi connectivity index (χ1v) is 5.60. The van der Waals surface area contributed by atoms with E-state index in [0.29, 0.717) is 0 Å². The van der Waals surface area contributed by atoms with E-state index in [9.17, 15) is 0 Å². The number of allylic oxidation sites excluding steroid dienone is 7. The Balaban J connectivity index is 3.05. The van der Waals surface area contributed by atoms with Crippen LogP contribution in [0.4, 0.5) is 0 Å². The monoisotopic (exact) mass is 222 g/mol. The molecule has 0 bridgehead atoms. The van der Waals surface area contributed by atoms with Crippen molar-refractivity contribution < 1.29 is 0 Å². The molecule has 0 radical (unpaired) electrons. The van der Waals surface area contributed by atoms with Gasteiger partial charge in [0.15, 0.2) is 0 Å². The van der Waals surface area contributed by atoms with Gasteiger partial charge < -0.3 is 0 Å². The van der Waals surface area contributed by atoms with E-state index >= 15 is 0 Å². The van der Waals surface area contributed by atoms with E-state index in [0.717, 1.165) is 22.3 Å². The van der Waals surface area contributed by atoms with Crippen molar-refractivity contribution in [3.8, 4) is 0 Å². The van der Waals surface area contributed by atoms with E-state index in [-0.39, 0.29) is 0 Å². The summed E-state index contributed by atoms with van der Waals surface area (Å²) in [5.41, 5.74) is 4.20. The van der Waals surface area contributed by atoms with Crippen LogP contribution in [0, 0.1) is 0 Å². The molecule has 0 atom stereocenters. The molecule has 0 heteroatoms. The van der Waals surface area contributed by atoms with E-state index in [1.165, 1.54) is 0 Å². The average molecular weight is 222 g/mol. The Morgan fingerprint density at radius 1 is 1.00 bits per heavy atom. The van der Waals surface area contributed by atoms with E-state index in [1.54, 1.807) is 0 Å². The lowest BCUT2D eigenvalue weighted by molar-refractivity contribution is 1.51. The van der Waals surface area contributed by atoms with Crippen molar-refractivity contribution in [2.75, 3.05) is 0 Å². The molecule has 0 fully saturated rings. The second kappa shape index (κ2) is 6.49. The summed E-state index contributed by atoms with van der Waals surface area (Å²) in [5, 5.41) is 0. The first kappa shape index (κ1) is 13.0. The zero-order chi connectivity index (χ0) is 12.7. The fourth-order valence-corrected chi connectivity index (χ4v) is 1.59. The van der Waals surface area contributed by atoms with E-state index < -0.39 is 0 Å². The van der Waals surface area contributed by atoms with Crippen LogP contribution in [0.2, 0.25) is 0 Å². The summed E-state index contributed by atoms with van der Waals surface area (Å²) in [7, 11) is 0. The molecule has 0 N–H and O–H groups in total. The third kappa shape index (κ3) is 3.46. The van der Waals surface area contributed by atoms with Gasteiger partial charge in [-0.3, -0.25) is 0 Å². The maximum Gasteiger partial charge on any atom is -0.0187 e. The number of benzene rings is 1. The predicted octanol–water partition coefficient (Wildman–Crippen LogP) is 4.94. The second-order valence-corrected chi connectivity index (χ2v) is 3.64. The van der Waals surface area contributed by atoms with Crippen LogP contribution in [-0.4, -0.2) is 0 Å². The average Bonchev–Trinajstić information content (AvgIpc) is 2.39. The summed E-state index contributed by atoms with van der Waals surface area (Å²) < 4.78 is 0. The third-order valence-electron chi connectivity index (χ3n) is 2.56. The largest absolute Gasteiger partial charge is 0.0985 e. The summed E-state index contributed by atoms with van der Waals surface area (Å²) in [5.74, 6) is 0. The molecule has 0 aromatic heterocycles. The van der Waals surface area contributed by atoms with Gasteiger partial charge in [-0.1, -0.05) is 68.3 Å². The summed E-state index contributed by atoms with van der Waals surface area (Å²) in [6, 6.07) is 10.1. The van der Waals surface area contributed by atoms with Crippen molar-refractivity contribution in [3.05, 3.63) is 91.1 Å². The standard InChI is InChI=1S/C17H18/c1-5-15(6-2)16(7-3)13-14(4)17-11-9-8-10-12-17/h5-13H,1,3-4H2,2H3/b15-6+,16-13+. The van der Waals surface area contributed by atoms with Crippen molar-refractivity contribution in [2.45, 2.75) is 6.92 Å². The lowest BCUT2D eigenvalue weighted by Gasteiger charge is -2.05. The molecule has 1 rings (SSSR count). The maximum absolute atomic E-state index is 4.08. The molecule has 86 valence electrons. The van der Waals surface area contributed by atoms with E-state index in [4.69, 9.17) is 0 Å². The first-order chi connectivity index (χ1) is 8.22. The molecule has 0 heterocycles. The molecule has 17 heavy (non-hydrogen) atoms. The molecule has 1 aromatic rings. The zero-order valence-electron chi connectivity index (χ0n) is 10.3. The summed E-state index contributed by atoms with van der Waals surface area (Å²) in [6.07, 6.45) is 7.69. The van der Waals surface area contributed by atoms with Crippen molar-refractivity contribution in [2.24, 2.45) is 0 Å². The first-order valence-electron chi connectivity index (χ1n) is 5.60. The van der Waals surface area contributed by atoms with Gasteiger partial charge in [0.2, 0.25) is 0 Å². The van der Waals surface area contributed by atoms with Crippen molar-refractivity contribution in [1.29, 1.82) is 0 Å². The Hall–Kier alpha value is -2.08. The van der Waals surface area contributed by atoms with E-state index in [2.05, 4.69) is 19.7 Å². The SMILES string of the molecule is C=CC(=C\C)/C(C=C)=C/C(=C)c1ccccc1. The quantitative estimate of drug-likeness (QED) is 0.619. The molecule has 0 aliphatic carbocycles. The number of hydrogen-bond donors (Lipinski definition) is 0. The molecular weight excluding hydrogens is 204 g/mol. The van der Waals surface area contributed by atoms with Gasteiger partial charge in [-0.2, -0.15) is 0 Å². The topological polar surface area (TPSA) is 0 Å². The van der Waals surface area contributed by atoms with Gasteiger partial charge in [-0.15, -0.1) is 0 Å². The molecule has 0 spiro atoms. The molecule has 0 unspecified atom stereocenters. The molecule has 0 saturated carbocycles. The van der Waals surface area contributed by atoms with Gasteiger partial charge in [0.25, 0.3) is 0 Å². The minimum Gasteiger partial charge on any atom is -0.0985 e. The zero-order valence-corrected chi connectivity index (χ0v) is 10.3. The molecule has 0 saturated heterocycles. The van der Waals surface area contributed by atoms with Crippen LogP contribution in [0.25, 0.3) is 5.57 Å². The highest BCUT2D eigenvalue weighted by Crippen LogP contribution is 2.20. The van der Waals surface area contributed by atoms with Gasteiger partial charge in [0.05, 0.1) is 0 Å². The second-order valence-electron chi connectivity index (χ2n) is 3.64. The Morgan fingerprint density at radius 3 is 2.06 bits per heavy atom. The minimum atomic E-state index is 0.974. The van der Waals surface area contributed by atoms with Crippen LogP contribution >= 0.6 is 0 Å². The Bertz CT molecular complexity index is 470.